The first-order valence-corrected chi connectivity index (χ1v) is 7.21. The molecule has 0 aliphatic rings. The Morgan fingerprint density at radius 3 is 1.54 bits per heavy atom. The number of hydrogen-bond donors (Lipinski definition) is 0. The van der Waals surface area contributed by atoms with Gasteiger partial charge in [-0.15, -0.1) is 0 Å². The third-order valence-corrected chi connectivity index (χ3v) is 3.82. The van der Waals surface area contributed by atoms with Gasteiger partial charge in [-0.05, 0) is 17.7 Å². The molecule has 0 bridgehead atoms. The van der Waals surface area contributed by atoms with E-state index in [2.05, 4.69) is 4.74 Å². The molecule has 0 aliphatic heterocycles. The van der Waals surface area contributed by atoms with Gasteiger partial charge in [0.25, 0.3) is 0 Å². The standard InChI is InChI=1S/C15H13F11O2/c1-27-9-5-3-8(4-6-9)10(28-2)7-11(16,17)12(18,19)13(20,21)14(22,23)15(24,25)26/h3-6,10H,7H2,1-2H3. The Labute approximate surface area is 151 Å². The van der Waals surface area contributed by atoms with Gasteiger partial charge in [0.1, 0.15) is 5.75 Å². The molecule has 0 saturated carbocycles. The number of rotatable bonds is 8. The van der Waals surface area contributed by atoms with Gasteiger partial charge in [-0.2, -0.15) is 48.3 Å². The van der Waals surface area contributed by atoms with Crippen molar-refractivity contribution in [1.29, 1.82) is 0 Å². The molecule has 0 heterocycles. The minimum atomic E-state index is -7.43. The Morgan fingerprint density at radius 2 is 1.18 bits per heavy atom. The van der Waals surface area contributed by atoms with Crippen LogP contribution in [0.25, 0.3) is 0 Å². The lowest BCUT2D eigenvalue weighted by molar-refractivity contribution is -0.423. The van der Waals surface area contributed by atoms with Crippen molar-refractivity contribution >= 4 is 0 Å². The maximum absolute atomic E-state index is 13.8. The van der Waals surface area contributed by atoms with Crippen LogP contribution in [0.2, 0.25) is 0 Å². The van der Waals surface area contributed by atoms with Gasteiger partial charge in [0.05, 0.1) is 13.2 Å². The summed E-state index contributed by atoms with van der Waals surface area (Å²) in [4.78, 5) is 0. The van der Waals surface area contributed by atoms with E-state index in [1.807, 2.05) is 0 Å². The van der Waals surface area contributed by atoms with Crippen LogP contribution < -0.4 is 4.74 Å². The minimum absolute atomic E-state index is 0.201. The van der Waals surface area contributed by atoms with Gasteiger partial charge in [-0.3, -0.25) is 0 Å². The zero-order chi connectivity index (χ0) is 22.2. The molecule has 0 aliphatic carbocycles. The monoisotopic (exact) mass is 434 g/mol. The summed E-state index contributed by atoms with van der Waals surface area (Å²) in [5, 5.41) is 0. The van der Waals surface area contributed by atoms with Crippen molar-refractivity contribution in [2.45, 2.75) is 42.4 Å². The van der Waals surface area contributed by atoms with Crippen LogP contribution in [0.4, 0.5) is 48.3 Å². The predicted octanol–water partition coefficient (Wildman–Crippen LogP) is 5.88. The Bertz CT molecular complexity index is 653. The summed E-state index contributed by atoms with van der Waals surface area (Å²) in [6.07, 6.45) is -11.5. The van der Waals surface area contributed by atoms with Crippen molar-refractivity contribution in [3.8, 4) is 5.75 Å². The van der Waals surface area contributed by atoms with E-state index in [-0.39, 0.29) is 11.3 Å². The summed E-state index contributed by atoms with van der Waals surface area (Å²) in [5.41, 5.74) is -0.260. The van der Waals surface area contributed by atoms with E-state index >= 15 is 0 Å². The molecular formula is C15H13F11O2. The van der Waals surface area contributed by atoms with Crippen LogP contribution in [0.1, 0.15) is 18.1 Å². The number of ether oxygens (including phenoxy) is 2. The molecule has 0 amide bonds. The zero-order valence-corrected chi connectivity index (χ0v) is 14.1. The topological polar surface area (TPSA) is 18.5 Å². The zero-order valence-electron chi connectivity index (χ0n) is 14.1. The summed E-state index contributed by atoms with van der Waals surface area (Å²) in [7, 11) is 1.96. The largest absolute Gasteiger partial charge is 0.497 e. The van der Waals surface area contributed by atoms with E-state index in [4.69, 9.17) is 4.74 Å². The van der Waals surface area contributed by atoms with Gasteiger partial charge in [0, 0.05) is 13.5 Å². The fourth-order valence-corrected chi connectivity index (χ4v) is 2.12. The lowest BCUT2D eigenvalue weighted by Gasteiger charge is -2.38. The van der Waals surface area contributed by atoms with Crippen LogP contribution in [0.3, 0.4) is 0 Å². The highest BCUT2D eigenvalue weighted by molar-refractivity contribution is 5.29. The van der Waals surface area contributed by atoms with Gasteiger partial charge in [0.15, 0.2) is 0 Å². The second-order valence-electron chi connectivity index (χ2n) is 5.63. The van der Waals surface area contributed by atoms with Gasteiger partial charge in [-0.1, -0.05) is 12.1 Å². The summed E-state index contributed by atoms with van der Waals surface area (Å²) in [5.74, 6) is -27.7. The first-order valence-electron chi connectivity index (χ1n) is 7.21. The van der Waals surface area contributed by atoms with Crippen LogP contribution in [0.15, 0.2) is 24.3 Å². The lowest BCUT2D eigenvalue weighted by Crippen LogP contribution is -2.66. The molecule has 0 N–H and O–H groups in total. The van der Waals surface area contributed by atoms with Gasteiger partial charge in [-0.25, -0.2) is 0 Å². The van der Waals surface area contributed by atoms with Crippen molar-refractivity contribution < 1.29 is 57.8 Å². The van der Waals surface area contributed by atoms with Crippen molar-refractivity contribution in [2.75, 3.05) is 14.2 Å². The molecule has 28 heavy (non-hydrogen) atoms. The predicted molar refractivity (Wildman–Crippen MR) is 73.2 cm³/mol. The normalized spacial score (nSPS) is 15.5. The van der Waals surface area contributed by atoms with Crippen LogP contribution >= 0.6 is 0 Å². The third-order valence-electron chi connectivity index (χ3n) is 3.82. The molecule has 1 unspecified atom stereocenters. The fraction of sp³-hybridized carbons (Fsp3) is 0.600. The Kier molecular flexibility index (Phi) is 6.55. The maximum Gasteiger partial charge on any atom is 0.460 e. The Hall–Kier alpha value is -1.79. The Balaban J connectivity index is 3.26. The average molecular weight is 434 g/mol. The molecule has 0 aromatic heterocycles. The molecule has 13 heteroatoms. The quantitative estimate of drug-likeness (QED) is 0.476. The highest BCUT2D eigenvalue weighted by atomic mass is 19.4. The molecule has 2 nitrogen and oxygen atoms in total. The van der Waals surface area contributed by atoms with Crippen LogP contribution in [-0.4, -0.2) is 44.1 Å². The number of methoxy groups -OCH3 is 2. The molecule has 1 aromatic carbocycles. The summed E-state index contributed by atoms with van der Waals surface area (Å²) in [6, 6.07) is 4.40. The van der Waals surface area contributed by atoms with Gasteiger partial charge < -0.3 is 9.47 Å². The van der Waals surface area contributed by atoms with Crippen molar-refractivity contribution in [3.63, 3.8) is 0 Å². The first kappa shape index (κ1) is 24.2. The van der Waals surface area contributed by atoms with E-state index in [9.17, 15) is 48.3 Å². The van der Waals surface area contributed by atoms with Crippen molar-refractivity contribution in [3.05, 3.63) is 29.8 Å². The SMILES string of the molecule is COc1ccc(C(CC(F)(F)C(F)(F)C(F)(F)C(F)(F)C(F)(F)F)OC)cc1. The van der Waals surface area contributed by atoms with E-state index in [0.29, 0.717) is 0 Å². The van der Waals surface area contributed by atoms with Crippen LogP contribution in [-0.2, 0) is 4.74 Å². The molecule has 1 atom stereocenters. The number of hydrogen-bond acceptors (Lipinski definition) is 2. The smallest absolute Gasteiger partial charge is 0.460 e. The first-order chi connectivity index (χ1) is 12.5. The number of alkyl halides is 11. The molecular weight excluding hydrogens is 421 g/mol. The summed E-state index contributed by atoms with van der Waals surface area (Å²) < 4.78 is 153. The second kappa shape index (κ2) is 7.56. The van der Waals surface area contributed by atoms with E-state index in [0.717, 1.165) is 19.2 Å². The Morgan fingerprint density at radius 1 is 0.714 bits per heavy atom. The van der Waals surface area contributed by atoms with Crippen LogP contribution in [0, 0.1) is 0 Å². The van der Waals surface area contributed by atoms with E-state index in [1.165, 1.54) is 19.2 Å². The van der Waals surface area contributed by atoms with Crippen molar-refractivity contribution in [2.24, 2.45) is 0 Å². The van der Waals surface area contributed by atoms with Crippen molar-refractivity contribution in [1.82, 2.24) is 0 Å². The molecule has 0 radical (unpaired) electrons. The highest BCUT2D eigenvalue weighted by Crippen LogP contribution is 2.58. The van der Waals surface area contributed by atoms with Gasteiger partial charge in [0.2, 0.25) is 0 Å². The van der Waals surface area contributed by atoms with Crippen LogP contribution in [0.5, 0.6) is 5.75 Å². The number of halogens is 11. The molecule has 1 rings (SSSR count). The molecule has 0 fully saturated rings. The second-order valence-corrected chi connectivity index (χ2v) is 5.63. The lowest BCUT2D eigenvalue weighted by atomic mass is 9.92. The maximum atomic E-state index is 13.8. The highest BCUT2D eigenvalue weighted by Gasteiger charge is 2.87. The molecule has 0 saturated heterocycles. The van der Waals surface area contributed by atoms with E-state index < -0.39 is 42.4 Å². The summed E-state index contributed by atoms with van der Waals surface area (Å²) in [6.45, 7) is 0. The molecule has 162 valence electrons. The third kappa shape index (κ3) is 3.98. The average Bonchev–Trinajstić information content (AvgIpc) is 2.58. The minimum Gasteiger partial charge on any atom is -0.497 e. The fourth-order valence-electron chi connectivity index (χ4n) is 2.12. The molecule has 1 aromatic rings. The van der Waals surface area contributed by atoms with E-state index in [1.54, 1.807) is 0 Å². The summed E-state index contributed by atoms with van der Waals surface area (Å²) >= 11 is 0. The number of benzene rings is 1. The molecule has 0 spiro atoms. The van der Waals surface area contributed by atoms with Gasteiger partial charge >= 0.3 is 29.9 Å².